The van der Waals surface area contributed by atoms with Gasteiger partial charge in [-0.15, -0.1) is 0 Å². The number of amides is 1. The van der Waals surface area contributed by atoms with Crippen LogP contribution in [-0.2, 0) is 10.3 Å². The van der Waals surface area contributed by atoms with E-state index in [0.717, 1.165) is 0 Å². The Morgan fingerprint density at radius 3 is 2.57 bits per heavy atom. The Balaban J connectivity index is 1.88. The Morgan fingerprint density at radius 1 is 1.24 bits per heavy atom. The Bertz CT molecular complexity index is 618. The number of aromatic nitrogens is 2. The SMILES string of the molecule is Cc1ccc(C(=O)NC2(c3ncccn3)CCOCC2)o1. The van der Waals surface area contributed by atoms with Gasteiger partial charge in [0.15, 0.2) is 11.6 Å². The molecule has 110 valence electrons. The van der Waals surface area contributed by atoms with Gasteiger partial charge in [0, 0.05) is 38.4 Å². The standard InChI is InChI=1S/C15H17N3O3/c1-11-3-4-12(21-11)13(19)18-15(5-9-20-10-6-15)14-16-7-2-8-17-14/h2-4,7-8H,5-6,9-10H2,1H3,(H,18,19). The minimum absolute atomic E-state index is 0.252. The second-order valence-corrected chi connectivity index (χ2v) is 5.13. The summed E-state index contributed by atoms with van der Waals surface area (Å²) in [5, 5.41) is 3.04. The molecule has 0 bridgehead atoms. The van der Waals surface area contributed by atoms with Crippen molar-refractivity contribution in [2.75, 3.05) is 13.2 Å². The molecule has 6 heteroatoms. The van der Waals surface area contributed by atoms with E-state index in [9.17, 15) is 4.79 Å². The highest BCUT2D eigenvalue weighted by Crippen LogP contribution is 2.30. The monoisotopic (exact) mass is 287 g/mol. The van der Waals surface area contributed by atoms with Crippen molar-refractivity contribution >= 4 is 5.91 Å². The Labute approximate surface area is 122 Å². The van der Waals surface area contributed by atoms with Gasteiger partial charge < -0.3 is 14.5 Å². The Hall–Kier alpha value is -2.21. The first-order chi connectivity index (χ1) is 10.2. The molecule has 3 rings (SSSR count). The first-order valence-electron chi connectivity index (χ1n) is 6.94. The fraction of sp³-hybridized carbons (Fsp3) is 0.400. The molecule has 2 aromatic rings. The van der Waals surface area contributed by atoms with Crippen LogP contribution in [0, 0.1) is 6.92 Å². The van der Waals surface area contributed by atoms with E-state index in [0.29, 0.717) is 43.4 Å². The molecule has 1 N–H and O–H groups in total. The van der Waals surface area contributed by atoms with E-state index in [1.807, 2.05) is 0 Å². The molecule has 0 unspecified atom stereocenters. The molecule has 1 amide bonds. The van der Waals surface area contributed by atoms with Crippen molar-refractivity contribution in [1.82, 2.24) is 15.3 Å². The van der Waals surface area contributed by atoms with Crippen LogP contribution in [0.5, 0.6) is 0 Å². The number of hydrogen-bond acceptors (Lipinski definition) is 5. The zero-order chi connectivity index (χ0) is 14.7. The maximum Gasteiger partial charge on any atom is 0.287 e. The number of nitrogens with zero attached hydrogens (tertiary/aromatic N) is 2. The number of carbonyl (C=O) groups is 1. The average molecular weight is 287 g/mol. The first-order valence-corrected chi connectivity index (χ1v) is 6.94. The number of aryl methyl sites for hydroxylation is 1. The number of hydrogen-bond donors (Lipinski definition) is 1. The normalized spacial score (nSPS) is 17.4. The van der Waals surface area contributed by atoms with E-state index >= 15 is 0 Å². The van der Waals surface area contributed by atoms with E-state index in [2.05, 4.69) is 15.3 Å². The summed E-state index contributed by atoms with van der Waals surface area (Å²) in [4.78, 5) is 21.0. The van der Waals surface area contributed by atoms with Crippen LogP contribution >= 0.6 is 0 Å². The lowest BCUT2D eigenvalue weighted by Gasteiger charge is -2.36. The predicted octanol–water partition coefficient (Wildman–Crippen LogP) is 1.81. The molecule has 1 saturated heterocycles. The molecule has 0 spiro atoms. The van der Waals surface area contributed by atoms with Crippen LogP contribution in [0.25, 0.3) is 0 Å². The minimum Gasteiger partial charge on any atom is -0.456 e. The predicted molar refractivity (Wildman–Crippen MR) is 74.7 cm³/mol. The topological polar surface area (TPSA) is 77.2 Å². The van der Waals surface area contributed by atoms with Gasteiger partial charge in [0.25, 0.3) is 5.91 Å². The van der Waals surface area contributed by atoms with Crippen molar-refractivity contribution < 1.29 is 13.9 Å². The fourth-order valence-corrected chi connectivity index (χ4v) is 2.51. The molecule has 0 aromatic carbocycles. The summed E-state index contributed by atoms with van der Waals surface area (Å²) >= 11 is 0. The highest BCUT2D eigenvalue weighted by Gasteiger charge is 2.39. The summed E-state index contributed by atoms with van der Waals surface area (Å²) in [5.74, 6) is 1.37. The van der Waals surface area contributed by atoms with Crippen LogP contribution in [0.4, 0.5) is 0 Å². The van der Waals surface area contributed by atoms with Gasteiger partial charge in [0.2, 0.25) is 0 Å². The van der Waals surface area contributed by atoms with Crippen LogP contribution in [0.2, 0.25) is 0 Å². The minimum atomic E-state index is -0.600. The molecular formula is C15H17N3O3. The second kappa shape index (κ2) is 5.65. The molecule has 0 aliphatic carbocycles. The molecule has 1 aliphatic rings. The van der Waals surface area contributed by atoms with Crippen molar-refractivity contribution in [2.24, 2.45) is 0 Å². The quantitative estimate of drug-likeness (QED) is 0.931. The lowest BCUT2D eigenvalue weighted by atomic mass is 9.88. The maximum absolute atomic E-state index is 12.4. The summed E-state index contributed by atoms with van der Waals surface area (Å²) in [6.45, 7) is 2.94. The zero-order valence-electron chi connectivity index (χ0n) is 11.8. The van der Waals surface area contributed by atoms with Crippen LogP contribution in [0.3, 0.4) is 0 Å². The molecular weight excluding hydrogens is 270 g/mol. The molecule has 1 fully saturated rings. The van der Waals surface area contributed by atoms with E-state index in [1.54, 1.807) is 37.5 Å². The first kappa shape index (κ1) is 13.8. The van der Waals surface area contributed by atoms with Gasteiger partial charge >= 0.3 is 0 Å². The highest BCUT2D eigenvalue weighted by molar-refractivity contribution is 5.92. The summed E-state index contributed by atoms with van der Waals surface area (Å²) < 4.78 is 10.8. The Morgan fingerprint density at radius 2 is 1.95 bits per heavy atom. The van der Waals surface area contributed by atoms with Crippen LogP contribution < -0.4 is 5.32 Å². The van der Waals surface area contributed by atoms with Gasteiger partial charge in [0.05, 0.1) is 0 Å². The van der Waals surface area contributed by atoms with E-state index in [1.165, 1.54) is 0 Å². The van der Waals surface area contributed by atoms with Crippen LogP contribution in [0.1, 0.15) is 35.0 Å². The third-order valence-corrected chi connectivity index (χ3v) is 3.66. The van der Waals surface area contributed by atoms with Crippen molar-refractivity contribution in [3.8, 4) is 0 Å². The van der Waals surface area contributed by atoms with E-state index < -0.39 is 5.54 Å². The second-order valence-electron chi connectivity index (χ2n) is 5.13. The molecule has 3 heterocycles. The Kier molecular flexibility index (Phi) is 3.70. The number of ether oxygens (including phenoxy) is 1. The van der Waals surface area contributed by atoms with E-state index in [4.69, 9.17) is 9.15 Å². The number of rotatable bonds is 3. The molecule has 0 saturated carbocycles. The lowest BCUT2D eigenvalue weighted by molar-refractivity contribution is 0.0305. The maximum atomic E-state index is 12.4. The van der Waals surface area contributed by atoms with Crippen molar-refractivity contribution in [3.63, 3.8) is 0 Å². The van der Waals surface area contributed by atoms with Crippen LogP contribution in [0.15, 0.2) is 35.0 Å². The third-order valence-electron chi connectivity index (χ3n) is 3.66. The highest BCUT2D eigenvalue weighted by atomic mass is 16.5. The molecule has 1 aliphatic heterocycles. The summed E-state index contributed by atoms with van der Waals surface area (Å²) in [5.41, 5.74) is -0.600. The number of carbonyl (C=O) groups excluding carboxylic acids is 1. The summed E-state index contributed by atoms with van der Waals surface area (Å²) in [6, 6.07) is 5.20. The fourth-order valence-electron chi connectivity index (χ4n) is 2.51. The number of furan rings is 1. The van der Waals surface area contributed by atoms with E-state index in [-0.39, 0.29) is 5.91 Å². The smallest absolute Gasteiger partial charge is 0.287 e. The largest absolute Gasteiger partial charge is 0.456 e. The summed E-state index contributed by atoms with van der Waals surface area (Å²) in [6.07, 6.45) is 4.65. The van der Waals surface area contributed by atoms with Crippen molar-refractivity contribution in [2.45, 2.75) is 25.3 Å². The lowest BCUT2D eigenvalue weighted by Crippen LogP contribution is -2.50. The third kappa shape index (κ3) is 2.80. The number of nitrogens with one attached hydrogen (secondary N) is 1. The van der Waals surface area contributed by atoms with Gasteiger partial charge in [-0.05, 0) is 25.1 Å². The molecule has 2 aromatic heterocycles. The van der Waals surface area contributed by atoms with Gasteiger partial charge in [-0.2, -0.15) is 0 Å². The van der Waals surface area contributed by atoms with Gasteiger partial charge in [-0.25, -0.2) is 9.97 Å². The van der Waals surface area contributed by atoms with Crippen molar-refractivity contribution in [1.29, 1.82) is 0 Å². The van der Waals surface area contributed by atoms with Gasteiger partial charge in [0.1, 0.15) is 11.3 Å². The molecule has 6 nitrogen and oxygen atoms in total. The summed E-state index contributed by atoms with van der Waals surface area (Å²) in [7, 11) is 0. The van der Waals surface area contributed by atoms with Gasteiger partial charge in [-0.3, -0.25) is 4.79 Å². The van der Waals surface area contributed by atoms with Gasteiger partial charge in [-0.1, -0.05) is 0 Å². The molecule has 21 heavy (non-hydrogen) atoms. The molecule has 0 atom stereocenters. The van der Waals surface area contributed by atoms with Crippen LogP contribution in [-0.4, -0.2) is 29.1 Å². The average Bonchev–Trinajstić information content (AvgIpc) is 2.96. The zero-order valence-corrected chi connectivity index (χ0v) is 11.8. The van der Waals surface area contributed by atoms with Crippen molar-refractivity contribution in [3.05, 3.63) is 47.9 Å². The molecule has 0 radical (unpaired) electrons.